The van der Waals surface area contributed by atoms with Gasteiger partial charge in [0.05, 0.1) is 28.4 Å². The van der Waals surface area contributed by atoms with E-state index in [1.165, 1.54) is 18.4 Å². The number of hydrogen-bond donors (Lipinski definition) is 2. The third-order valence-electron chi connectivity index (χ3n) is 2.59. The van der Waals surface area contributed by atoms with Gasteiger partial charge in [0.25, 0.3) is 0 Å². The molecule has 0 spiro atoms. The molecule has 2 aromatic rings. The summed E-state index contributed by atoms with van der Waals surface area (Å²) in [6, 6.07) is 9.00. The van der Waals surface area contributed by atoms with Crippen LogP contribution in [0.4, 0.5) is 11.4 Å². The Kier molecular flexibility index (Phi) is 4.29. The SMILES string of the molecule is COC(=O)c1cccc(NCc2ccc(Cl)s2)c1N. The molecule has 0 saturated heterocycles. The molecule has 0 fully saturated rings. The maximum atomic E-state index is 11.5. The number of nitrogens with one attached hydrogen (secondary N) is 1. The molecule has 1 aromatic heterocycles. The first-order valence-corrected chi connectivity index (χ1v) is 6.76. The molecule has 1 heterocycles. The van der Waals surface area contributed by atoms with E-state index >= 15 is 0 Å². The molecule has 0 amide bonds. The summed E-state index contributed by atoms with van der Waals surface area (Å²) < 4.78 is 5.42. The summed E-state index contributed by atoms with van der Waals surface area (Å²) in [7, 11) is 1.33. The monoisotopic (exact) mass is 296 g/mol. The topological polar surface area (TPSA) is 64.3 Å². The number of esters is 1. The second kappa shape index (κ2) is 5.95. The number of ether oxygens (including phenoxy) is 1. The van der Waals surface area contributed by atoms with Crippen molar-refractivity contribution in [3.05, 3.63) is 45.1 Å². The highest BCUT2D eigenvalue weighted by Crippen LogP contribution is 2.26. The van der Waals surface area contributed by atoms with Crippen molar-refractivity contribution < 1.29 is 9.53 Å². The van der Waals surface area contributed by atoms with Crippen molar-refractivity contribution in [3.63, 3.8) is 0 Å². The summed E-state index contributed by atoms with van der Waals surface area (Å²) >= 11 is 7.36. The van der Waals surface area contributed by atoms with Gasteiger partial charge in [-0.25, -0.2) is 4.79 Å². The van der Waals surface area contributed by atoms with Gasteiger partial charge in [0.15, 0.2) is 0 Å². The van der Waals surface area contributed by atoms with E-state index in [2.05, 4.69) is 10.1 Å². The van der Waals surface area contributed by atoms with E-state index in [1.54, 1.807) is 12.1 Å². The van der Waals surface area contributed by atoms with Gasteiger partial charge in [-0.3, -0.25) is 0 Å². The number of benzene rings is 1. The van der Waals surface area contributed by atoms with Crippen molar-refractivity contribution in [3.8, 4) is 0 Å². The minimum Gasteiger partial charge on any atom is -0.465 e. The number of halogens is 1. The van der Waals surface area contributed by atoms with Crippen LogP contribution in [0.5, 0.6) is 0 Å². The van der Waals surface area contributed by atoms with Crippen LogP contribution in [0.1, 0.15) is 15.2 Å². The average molecular weight is 297 g/mol. The Labute approximate surface area is 120 Å². The zero-order chi connectivity index (χ0) is 13.8. The van der Waals surface area contributed by atoms with E-state index in [-0.39, 0.29) is 0 Å². The lowest BCUT2D eigenvalue weighted by Crippen LogP contribution is -2.08. The fraction of sp³-hybridized carbons (Fsp3) is 0.154. The van der Waals surface area contributed by atoms with Gasteiger partial charge in [-0.2, -0.15) is 0 Å². The molecule has 3 N–H and O–H groups in total. The van der Waals surface area contributed by atoms with Crippen LogP contribution >= 0.6 is 22.9 Å². The van der Waals surface area contributed by atoms with Crippen molar-refractivity contribution in [1.82, 2.24) is 0 Å². The fourth-order valence-corrected chi connectivity index (χ4v) is 2.66. The zero-order valence-electron chi connectivity index (χ0n) is 10.3. The third kappa shape index (κ3) is 3.19. The Balaban J connectivity index is 2.14. The molecule has 4 nitrogen and oxygen atoms in total. The number of thiophene rings is 1. The number of nitrogen functional groups attached to an aromatic ring is 1. The maximum Gasteiger partial charge on any atom is 0.340 e. The molecule has 0 aliphatic rings. The van der Waals surface area contributed by atoms with E-state index in [0.717, 1.165) is 9.21 Å². The highest BCUT2D eigenvalue weighted by molar-refractivity contribution is 7.16. The first-order chi connectivity index (χ1) is 9.11. The maximum absolute atomic E-state index is 11.5. The van der Waals surface area contributed by atoms with Gasteiger partial charge in [0.1, 0.15) is 0 Å². The van der Waals surface area contributed by atoms with Gasteiger partial charge in [-0.1, -0.05) is 17.7 Å². The Morgan fingerprint density at radius 3 is 2.84 bits per heavy atom. The number of methoxy groups -OCH3 is 1. The Morgan fingerprint density at radius 2 is 2.21 bits per heavy atom. The number of nitrogens with two attached hydrogens (primary N) is 1. The van der Waals surface area contributed by atoms with Crippen molar-refractivity contribution in [2.45, 2.75) is 6.54 Å². The van der Waals surface area contributed by atoms with Gasteiger partial charge in [-0.05, 0) is 24.3 Å². The second-order valence-corrected chi connectivity index (χ2v) is 5.62. The van der Waals surface area contributed by atoms with Crippen LogP contribution in [0.2, 0.25) is 4.34 Å². The molecule has 0 aliphatic carbocycles. The van der Waals surface area contributed by atoms with E-state index in [1.807, 2.05) is 18.2 Å². The number of carbonyl (C=O) groups is 1. The number of rotatable bonds is 4. The molecular weight excluding hydrogens is 284 g/mol. The van der Waals surface area contributed by atoms with Crippen LogP contribution in [-0.2, 0) is 11.3 Å². The molecule has 0 atom stereocenters. The largest absolute Gasteiger partial charge is 0.465 e. The lowest BCUT2D eigenvalue weighted by atomic mass is 10.1. The van der Waals surface area contributed by atoms with Gasteiger partial charge in [0.2, 0.25) is 0 Å². The molecule has 2 rings (SSSR count). The predicted molar refractivity (Wildman–Crippen MR) is 78.8 cm³/mol. The Bertz CT molecular complexity index is 598. The van der Waals surface area contributed by atoms with Crippen LogP contribution in [0.3, 0.4) is 0 Å². The second-order valence-electron chi connectivity index (χ2n) is 3.82. The standard InChI is InChI=1S/C13H13ClN2O2S/c1-18-13(17)9-3-2-4-10(12(9)15)16-7-8-5-6-11(14)19-8/h2-6,16H,7,15H2,1H3. The summed E-state index contributed by atoms with van der Waals surface area (Å²) in [5.74, 6) is -0.444. The van der Waals surface area contributed by atoms with Crippen LogP contribution in [0.15, 0.2) is 30.3 Å². The molecule has 0 bridgehead atoms. The van der Waals surface area contributed by atoms with E-state index in [4.69, 9.17) is 17.3 Å². The smallest absolute Gasteiger partial charge is 0.340 e. The summed E-state index contributed by atoms with van der Waals surface area (Å²) in [4.78, 5) is 12.6. The number of hydrogen-bond acceptors (Lipinski definition) is 5. The molecule has 0 radical (unpaired) electrons. The van der Waals surface area contributed by atoms with Crippen molar-refractivity contribution in [1.29, 1.82) is 0 Å². The van der Waals surface area contributed by atoms with Crippen LogP contribution < -0.4 is 11.1 Å². The van der Waals surface area contributed by atoms with Gasteiger partial charge < -0.3 is 15.8 Å². The van der Waals surface area contributed by atoms with Gasteiger partial charge in [0, 0.05) is 11.4 Å². The summed E-state index contributed by atoms with van der Waals surface area (Å²) in [5.41, 5.74) is 7.39. The highest BCUT2D eigenvalue weighted by atomic mass is 35.5. The summed E-state index contributed by atoms with van der Waals surface area (Å²) in [6.45, 7) is 0.603. The number of anilines is 2. The fourth-order valence-electron chi connectivity index (χ4n) is 1.64. The highest BCUT2D eigenvalue weighted by Gasteiger charge is 2.12. The summed E-state index contributed by atoms with van der Waals surface area (Å²) in [6.07, 6.45) is 0. The molecule has 1 aromatic carbocycles. The minimum atomic E-state index is -0.444. The number of para-hydroxylation sites is 1. The predicted octanol–water partition coefficient (Wildman–Crippen LogP) is 3.38. The van der Waals surface area contributed by atoms with E-state index in [9.17, 15) is 4.79 Å². The van der Waals surface area contributed by atoms with Crippen molar-refractivity contribution in [2.24, 2.45) is 0 Å². The van der Waals surface area contributed by atoms with Crippen LogP contribution in [-0.4, -0.2) is 13.1 Å². The Morgan fingerprint density at radius 1 is 1.42 bits per heavy atom. The summed E-state index contributed by atoms with van der Waals surface area (Å²) in [5, 5.41) is 3.18. The first-order valence-electron chi connectivity index (χ1n) is 5.56. The van der Waals surface area contributed by atoms with Gasteiger partial charge in [-0.15, -0.1) is 11.3 Å². The quantitative estimate of drug-likeness (QED) is 0.670. The lowest BCUT2D eigenvalue weighted by Gasteiger charge is -2.11. The van der Waals surface area contributed by atoms with E-state index in [0.29, 0.717) is 23.5 Å². The molecular formula is C13H13ClN2O2S. The average Bonchev–Trinajstić information content (AvgIpc) is 2.82. The van der Waals surface area contributed by atoms with Crippen molar-refractivity contribution >= 4 is 40.3 Å². The van der Waals surface area contributed by atoms with Crippen LogP contribution in [0.25, 0.3) is 0 Å². The van der Waals surface area contributed by atoms with Gasteiger partial charge >= 0.3 is 5.97 Å². The molecule has 6 heteroatoms. The lowest BCUT2D eigenvalue weighted by molar-refractivity contribution is 0.0602. The van der Waals surface area contributed by atoms with Crippen LogP contribution in [0, 0.1) is 0 Å². The molecule has 100 valence electrons. The third-order valence-corrected chi connectivity index (χ3v) is 3.82. The minimum absolute atomic E-state index is 0.358. The van der Waals surface area contributed by atoms with Crippen molar-refractivity contribution in [2.75, 3.05) is 18.2 Å². The first kappa shape index (κ1) is 13.7. The molecule has 0 unspecified atom stereocenters. The van der Waals surface area contributed by atoms with E-state index < -0.39 is 5.97 Å². The Hall–Kier alpha value is -1.72. The molecule has 0 aliphatic heterocycles. The normalized spacial score (nSPS) is 10.2. The zero-order valence-corrected chi connectivity index (χ0v) is 11.8. The number of carbonyl (C=O) groups excluding carboxylic acids is 1. The molecule has 0 saturated carbocycles. The molecule has 19 heavy (non-hydrogen) atoms.